The lowest BCUT2D eigenvalue weighted by atomic mass is 10.3. The Balaban J connectivity index is 2.46. The molecule has 0 aliphatic heterocycles. The minimum absolute atomic E-state index is 0.163. The third-order valence-electron chi connectivity index (χ3n) is 2.83. The second-order valence-electron chi connectivity index (χ2n) is 4.39. The van der Waals surface area contributed by atoms with Gasteiger partial charge in [-0.15, -0.1) is 0 Å². The van der Waals surface area contributed by atoms with Crippen molar-refractivity contribution < 1.29 is 8.42 Å². The van der Waals surface area contributed by atoms with Crippen molar-refractivity contribution in [3.63, 3.8) is 0 Å². The van der Waals surface area contributed by atoms with Gasteiger partial charge >= 0.3 is 0 Å². The van der Waals surface area contributed by atoms with Crippen LogP contribution >= 0.6 is 23.2 Å². The standard InChI is InChI=1S/C12H13Cl2N3O2S/c1-7-12(8(2)17(3)15-7)20(18,19)16-11-5-9(13)4-10(14)6-11/h4-6,16H,1-3H3. The first kappa shape index (κ1) is 15.2. The molecule has 1 aromatic carbocycles. The van der Waals surface area contributed by atoms with E-state index in [4.69, 9.17) is 23.2 Å². The molecule has 108 valence electrons. The van der Waals surface area contributed by atoms with Crippen LogP contribution in [0.4, 0.5) is 5.69 Å². The summed E-state index contributed by atoms with van der Waals surface area (Å²) in [5.74, 6) is 0. The van der Waals surface area contributed by atoms with E-state index >= 15 is 0 Å². The van der Waals surface area contributed by atoms with Gasteiger partial charge in [-0.3, -0.25) is 9.40 Å². The van der Waals surface area contributed by atoms with Crippen LogP contribution in [0.2, 0.25) is 10.0 Å². The monoisotopic (exact) mass is 333 g/mol. The maximum atomic E-state index is 12.4. The third kappa shape index (κ3) is 2.92. The lowest BCUT2D eigenvalue weighted by Crippen LogP contribution is -2.14. The van der Waals surface area contributed by atoms with Crippen molar-refractivity contribution in [3.8, 4) is 0 Å². The van der Waals surface area contributed by atoms with E-state index in [1.165, 1.54) is 22.9 Å². The lowest BCUT2D eigenvalue weighted by Gasteiger charge is -2.09. The zero-order valence-corrected chi connectivity index (χ0v) is 13.4. The summed E-state index contributed by atoms with van der Waals surface area (Å²) in [6.45, 7) is 3.34. The maximum absolute atomic E-state index is 12.4. The highest BCUT2D eigenvalue weighted by Gasteiger charge is 2.24. The topological polar surface area (TPSA) is 64.0 Å². The van der Waals surface area contributed by atoms with E-state index < -0.39 is 10.0 Å². The number of anilines is 1. The Kier molecular flexibility index (Phi) is 4.00. The second kappa shape index (κ2) is 5.27. The smallest absolute Gasteiger partial charge is 0.265 e. The molecule has 0 atom stereocenters. The molecule has 0 unspecified atom stereocenters. The van der Waals surface area contributed by atoms with Crippen LogP contribution in [-0.2, 0) is 17.1 Å². The van der Waals surface area contributed by atoms with Crippen molar-refractivity contribution in [2.24, 2.45) is 7.05 Å². The summed E-state index contributed by atoms with van der Waals surface area (Å²) in [5.41, 5.74) is 1.30. The van der Waals surface area contributed by atoms with E-state index in [-0.39, 0.29) is 4.90 Å². The predicted octanol–water partition coefficient (Wildman–Crippen LogP) is 3.14. The Labute approximate surface area is 127 Å². The number of hydrogen-bond acceptors (Lipinski definition) is 3. The van der Waals surface area contributed by atoms with Crippen LogP contribution < -0.4 is 4.72 Å². The highest BCUT2D eigenvalue weighted by molar-refractivity contribution is 7.92. The molecule has 0 aliphatic carbocycles. The summed E-state index contributed by atoms with van der Waals surface area (Å²) in [6.07, 6.45) is 0. The first-order chi connectivity index (χ1) is 9.20. The molecule has 1 aromatic heterocycles. The normalized spacial score (nSPS) is 11.7. The summed E-state index contributed by atoms with van der Waals surface area (Å²) < 4.78 is 28.8. The third-order valence-corrected chi connectivity index (χ3v) is 4.90. The van der Waals surface area contributed by atoms with Gasteiger partial charge in [-0.2, -0.15) is 5.10 Å². The van der Waals surface area contributed by atoms with Crippen LogP contribution in [0.15, 0.2) is 23.1 Å². The number of halogens is 2. The molecule has 0 saturated heterocycles. The first-order valence-electron chi connectivity index (χ1n) is 5.70. The molecule has 0 fully saturated rings. The Morgan fingerprint density at radius 1 is 1.15 bits per heavy atom. The summed E-state index contributed by atoms with van der Waals surface area (Å²) in [5, 5.41) is 4.81. The zero-order valence-electron chi connectivity index (χ0n) is 11.1. The molecular weight excluding hydrogens is 321 g/mol. The Morgan fingerprint density at radius 2 is 1.70 bits per heavy atom. The fourth-order valence-electron chi connectivity index (χ4n) is 1.96. The molecule has 1 N–H and O–H groups in total. The fraction of sp³-hybridized carbons (Fsp3) is 0.250. The molecule has 0 spiro atoms. The highest BCUT2D eigenvalue weighted by atomic mass is 35.5. The van der Waals surface area contributed by atoms with Crippen LogP contribution in [0.3, 0.4) is 0 Å². The van der Waals surface area contributed by atoms with Crippen LogP contribution in [0.25, 0.3) is 0 Å². The van der Waals surface area contributed by atoms with Gasteiger partial charge in [-0.25, -0.2) is 8.42 Å². The predicted molar refractivity (Wildman–Crippen MR) is 80.0 cm³/mol. The number of hydrogen-bond donors (Lipinski definition) is 1. The van der Waals surface area contributed by atoms with E-state index in [0.717, 1.165) is 0 Å². The largest absolute Gasteiger partial charge is 0.279 e. The van der Waals surface area contributed by atoms with Crippen molar-refractivity contribution in [2.45, 2.75) is 18.7 Å². The number of nitrogens with zero attached hydrogens (tertiary/aromatic N) is 2. The average molecular weight is 334 g/mol. The van der Waals surface area contributed by atoms with Crippen LogP contribution in [0.5, 0.6) is 0 Å². The molecule has 8 heteroatoms. The maximum Gasteiger partial charge on any atom is 0.265 e. The first-order valence-corrected chi connectivity index (χ1v) is 7.94. The molecule has 0 saturated carbocycles. The van der Waals surface area contributed by atoms with Gasteiger partial charge in [0, 0.05) is 17.1 Å². The van der Waals surface area contributed by atoms with Gasteiger partial charge in [0.1, 0.15) is 4.90 Å². The fourth-order valence-corrected chi connectivity index (χ4v) is 3.97. The molecule has 2 rings (SSSR count). The molecule has 20 heavy (non-hydrogen) atoms. The van der Waals surface area contributed by atoms with Crippen molar-refractivity contribution in [1.82, 2.24) is 9.78 Å². The van der Waals surface area contributed by atoms with Gasteiger partial charge in [-0.05, 0) is 32.0 Å². The van der Waals surface area contributed by atoms with Gasteiger partial charge in [0.05, 0.1) is 17.1 Å². The van der Waals surface area contributed by atoms with E-state index in [1.54, 1.807) is 20.9 Å². The molecular formula is C12H13Cl2N3O2S. The molecule has 5 nitrogen and oxygen atoms in total. The molecule has 0 amide bonds. The van der Waals surface area contributed by atoms with Gasteiger partial charge in [0.2, 0.25) is 0 Å². The molecule has 1 heterocycles. The number of aryl methyl sites for hydroxylation is 2. The molecule has 0 bridgehead atoms. The van der Waals surface area contributed by atoms with Crippen LogP contribution in [-0.4, -0.2) is 18.2 Å². The van der Waals surface area contributed by atoms with Gasteiger partial charge in [-0.1, -0.05) is 23.2 Å². The number of aromatic nitrogens is 2. The average Bonchev–Trinajstić information content (AvgIpc) is 2.50. The summed E-state index contributed by atoms with van der Waals surface area (Å²) in [7, 11) is -2.05. The second-order valence-corrected chi connectivity index (χ2v) is 6.88. The molecule has 2 aromatic rings. The number of benzene rings is 1. The van der Waals surface area contributed by atoms with Crippen molar-refractivity contribution in [3.05, 3.63) is 39.6 Å². The van der Waals surface area contributed by atoms with E-state index in [1.807, 2.05) is 0 Å². The quantitative estimate of drug-likeness (QED) is 0.938. The van der Waals surface area contributed by atoms with Crippen molar-refractivity contribution in [2.75, 3.05) is 4.72 Å². The van der Waals surface area contributed by atoms with E-state index in [0.29, 0.717) is 27.1 Å². The van der Waals surface area contributed by atoms with Crippen molar-refractivity contribution >= 4 is 38.9 Å². The minimum Gasteiger partial charge on any atom is -0.279 e. The van der Waals surface area contributed by atoms with Crippen LogP contribution in [0, 0.1) is 13.8 Å². The minimum atomic E-state index is -3.74. The van der Waals surface area contributed by atoms with Crippen LogP contribution in [0.1, 0.15) is 11.4 Å². The lowest BCUT2D eigenvalue weighted by molar-refractivity contribution is 0.599. The zero-order chi connectivity index (χ0) is 15.1. The number of rotatable bonds is 3. The van der Waals surface area contributed by atoms with Gasteiger partial charge in [0.25, 0.3) is 10.0 Å². The Bertz CT molecular complexity index is 749. The summed E-state index contributed by atoms with van der Waals surface area (Å²) >= 11 is 11.7. The molecule has 0 radical (unpaired) electrons. The van der Waals surface area contributed by atoms with Crippen molar-refractivity contribution in [1.29, 1.82) is 0 Å². The Hall–Kier alpha value is -1.24. The van der Waals surface area contributed by atoms with E-state index in [2.05, 4.69) is 9.82 Å². The van der Waals surface area contributed by atoms with E-state index in [9.17, 15) is 8.42 Å². The van der Waals surface area contributed by atoms with Gasteiger partial charge in [0.15, 0.2) is 0 Å². The summed E-state index contributed by atoms with van der Waals surface area (Å²) in [4.78, 5) is 0.163. The number of nitrogens with one attached hydrogen (secondary N) is 1. The van der Waals surface area contributed by atoms with Gasteiger partial charge < -0.3 is 0 Å². The SMILES string of the molecule is Cc1nn(C)c(C)c1S(=O)(=O)Nc1cc(Cl)cc(Cl)c1. The molecule has 0 aliphatic rings. The number of sulfonamides is 1. The highest BCUT2D eigenvalue weighted by Crippen LogP contribution is 2.26. The Morgan fingerprint density at radius 3 is 2.15 bits per heavy atom. The summed E-state index contributed by atoms with van der Waals surface area (Å²) in [6, 6.07) is 4.51.